The van der Waals surface area contributed by atoms with E-state index in [0.717, 1.165) is 12.8 Å². The number of unbranched alkanes of at least 4 members (excludes halogenated alkanes) is 14. The molecule has 0 saturated carbocycles. The van der Waals surface area contributed by atoms with Crippen LogP contribution in [0.15, 0.2) is 12.2 Å². The molecule has 214 valence electrons. The Bertz CT molecular complexity index is 574. The molecule has 0 aromatic rings. The first kappa shape index (κ1) is 35.2. The van der Waals surface area contributed by atoms with E-state index in [2.05, 4.69) is 23.6 Å². The van der Waals surface area contributed by atoms with Gasteiger partial charge in [-0.05, 0) is 32.1 Å². The number of carbonyl (C=O) groups is 1. The molecule has 0 amide bonds. The maximum absolute atomic E-state index is 11.7. The lowest BCUT2D eigenvalue weighted by Crippen LogP contribution is -2.27. The molecule has 0 rings (SSSR count). The van der Waals surface area contributed by atoms with Gasteiger partial charge in [0.1, 0.15) is 6.10 Å². The van der Waals surface area contributed by atoms with Gasteiger partial charge in [0.2, 0.25) is 0 Å². The first-order valence-corrected chi connectivity index (χ1v) is 15.6. The lowest BCUT2D eigenvalue weighted by Gasteiger charge is -2.19. The number of allylic oxidation sites excluding steroid dienone is 2. The Morgan fingerprint density at radius 2 is 1.33 bits per heavy atom. The van der Waals surface area contributed by atoms with Gasteiger partial charge in [0, 0.05) is 20.1 Å². The van der Waals surface area contributed by atoms with Crippen molar-refractivity contribution in [2.24, 2.45) is 5.73 Å². The fraction of sp³-hybridized carbons (Fsp3) is 0.889. The van der Waals surface area contributed by atoms with Crippen molar-refractivity contribution in [2.45, 2.75) is 123 Å². The van der Waals surface area contributed by atoms with Crippen LogP contribution in [0.5, 0.6) is 0 Å². The van der Waals surface area contributed by atoms with Crippen molar-refractivity contribution in [1.82, 2.24) is 0 Å². The topological polar surface area (TPSA) is 117 Å². The molecule has 0 bridgehead atoms. The molecule has 0 aliphatic rings. The van der Waals surface area contributed by atoms with Crippen LogP contribution in [-0.4, -0.2) is 49.9 Å². The Morgan fingerprint density at radius 3 is 1.86 bits per heavy atom. The number of ether oxygens (including phenoxy) is 2. The Hall–Kier alpha value is -0.760. The molecule has 0 radical (unpaired) electrons. The largest absolute Gasteiger partial charge is 0.472 e. The highest BCUT2D eigenvalue weighted by Crippen LogP contribution is 2.43. The predicted octanol–water partition coefficient (Wildman–Crippen LogP) is 6.84. The maximum atomic E-state index is 11.7. The summed E-state index contributed by atoms with van der Waals surface area (Å²) < 4.78 is 31.9. The third kappa shape index (κ3) is 26.3. The summed E-state index contributed by atoms with van der Waals surface area (Å²) in [5, 5.41) is 0. The molecule has 0 aliphatic heterocycles. The van der Waals surface area contributed by atoms with Crippen LogP contribution >= 0.6 is 7.82 Å². The molecule has 0 fully saturated rings. The van der Waals surface area contributed by atoms with Gasteiger partial charge in [0.05, 0.1) is 19.8 Å². The molecule has 0 spiro atoms. The van der Waals surface area contributed by atoms with Crippen LogP contribution in [0, 0.1) is 0 Å². The molecule has 2 unspecified atom stereocenters. The van der Waals surface area contributed by atoms with Gasteiger partial charge in [-0.25, -0.2) is 4.57 Å². The van der Waals surface area contributed by atoms with E-state index in [-0.39, 0.29) is 26.4 Å². The zero-order valence-electron chi connectivity index (χ0n) is 23.0. The molecule has 9 heteroatoms. The van der Waals surface area contributed by atoms with E-state index < -0.39 is 19.9 Å². The molecule has 0 aromatic heterocycles. The van der Waals surface area contributed by atoms with Crippen LogP contribution in [0.1, 0.15) is 117 Å². The van der Waals surface area contributed by atoms with E-state index in [1.807, 2.05) is 0 Å². The van der Waals surface area contributed by atoms with Gasteiger partial charge in [-0.15, -0.1) is 0 Å². The Kier molecular flexibility index (Phi) is 25.3. The van der Waals surface area contributed by atoms with Crippen molar-refractivity contribution in [3.05, 3.63) is 12.2 Å². The van der Waals surface area contributed by atoms with Crippen LogP contribution in [0.3, 0.4) is 0 Å². The molecule has 8 nitrogen and oxygen atoms in total. The van der Waals surface area contributed by atoms with Gasteiger partial charge in [-0.1, -0.05) is 89.7 Å². The Morgan fingerprint density at radius 1 is 0.806 bits per heavy atom. The van der Waals surface area contributed by atoms with E-state index >= 15 is 0 Å². The summed E-state index contributed by atoms with van der Waals surface area (Å²) in [5.74, 6) is -0.507. The average molecular weight is 536 g/mol. The minimum atomic E-state index is -4.22. The minimum Gasteiger partial charge on any atom is -0.458 e. The second-order valence-electron chi connectivity index (χ2n) is 9.34. The van der Waals surface area contributed by atoms with Crippen LogP contribution in [-0.2, 0) is 27.9 Å². The quantitative estimate of drug-likeness (QED) is 0.0508. The number of phosphoric ester groups is 1. The molecule has 36 heavy (non-hydrogen) atoms. The van der Waals surface area contributed by atoms with E-state index in [0.29, 0.717) is 6.61 Å². The SMILES string of the molecule is CCCCCCCC/C=C\CCCCCCCCCCOCC(COP(=O)(O)OCCN)OC(C)=O. The summed E-state index contributed by atoms with van der Waals surface area (Å²) in [6, 6.07) is 0. The summed E-state index contributed by atoms with van der Waals surface area (Å²) in [6.07, 6.45) is 24.2. The fourth-order valence-corrected chi connectivity index (χ4v) is 4.52. The lowest BCUT2D eigenvalue weighted by atomic mass is 10.1. The minimum absolute atomic E-state index is 0.0980. The number of hydrogen-bond acceptors (Lipinski definition) is 7. The maximum Gasteiger partial charge on any atom is 0.472 e. The normalized spacial score (nSPS) is 14.2. The monoisotopic (exact) mass is 535 g/mol. The van der Waals surface area contributed by atoms with Crippen LogP contribution in [0.25, 0.3) is 0 Å². The second kappa shape index (κ2) is 25.9. The molecule has 3 N–H and O–H groups in total. The highest BCUT2D eigenvalue weighted by Gasteiger charge is 2.24. The molecular weight excluding hydrogens is 481 g/mol. The molecule has 0 saturated heterocycles. The summed E-state index contributed by atoms with van der Waals surface area (Å²) >= 11 is 0. The third-order valence-electron chi connectivity index (χ3n) is 5.73. The number of esters is 1. The highest BCUT2D eigenvalue weighted by molar-refractivity contribution is 7.47. The number of rotatable bonds is 27. The van der Waals surface area contributed by atoms with Gasteiger partial charge in [-0.3, -0.25) is 13.8 Å². The fourth-order valence-electron chi connectivity index (χ4n) is 3.75. The van der Waals surface area contributed by atoms with Crippen molar-refractivity contribution < 1.29 is 32.8 Å². The van der Waals surface area contributed by atoms with E-state index in [1.54, 1.807) is 0 Å². The molecular formula is C27H54NO7P. The van der Waals surface area contributed by atoms with Crippen molar-refractivity contribution in [3.8, 4) is 0 Å². The molecule has 0 aliphatic carbocycles. The first-order valence-electron chi connectivity index (χ1n) is 14.1. The number of carbonyl (C=O) groups excluding carboxylic acids is 1. The second-order valence-corrected chi connectivity index (χ2v) is 10.8. The first-order chi connectivity index (χ1) is 17.4. The zero-order chi connectivity index (χ0) is 26.7. The number of hydrogen-bond donors (Lipinski definition) is 2. The predicted molar refractivity (Wildman–Crippen MR) is 146 cm³/mol. The van der Waals surface area contributed by atoms with Crippen molar-refractivity contribution in [3.63, 3.8) is 0 Å². The molecule has 0 aromatic carbocycles. The summed E-state index contributed by atoms with van der Waals surface area (Å²) in [5.41, 5.74) is 5.24. The van der Waals surface area contributed by atoms with Crippen LogP contribution in [0.4, 0.5) is 0 Å². The van der Waals surface area contributed by atoms with E-state index in [4.69, 9.17) is 19.7 Å². The standard InChI is InChI=1S/C27H54NO7P/c1-3-4-5-6-7-8-9-10-11-12-13-14-15-16-17-18-19-20-22-32-24-27(35-26(2)29)25-34-36(30,31)33-23-21-28/h10-11,27H,3-9,12-25,28H2,1-2H3,(H,30,31)/b11-10-. The van der Waals surface area contributed by atoms with Gasteiger partial charge < -0.3 is 20.1 Å². The van der Waals surface area contributed by atoms with Crippen LogP contribution in [0.2, 0.25) is 0 Å². The van der Waals surface area contributed by atoms with Crippen molar-refractivity contribution in [2.75, 3.05) is 33.0 Å². The summed E-state index contributed by atoms with van der Waals surface area (Å²) in [4.78, 5) is 20.8. The summed E-state index contributed by atoms with van der Waals surface area (Å²) in [6.45, 7) is 3.89. The van der Waals surface area contributed by atoms with Gasteiger partial charge >= 0.3 is 13.8 Å². The average Bonchev–Trinajstić information content (AvgIpc) is 2.84. The Labute approximate surface area is 220 Å². The van der Waals surface area contributed by atoms with Gasteiger partial charge in [0.15, 0.2) is 0 Å². The van der Waals surface area contributed by atoms with Gasteiger partial charge in [-0.2, -0.15) is 0 Å². The summed E-state index contributed by atoms with van der Waals surface area (Å²) in [7, 11) is -4.22. The van der Waals surface area contributed by atoms with Gasteiger partial charge in [0.25, 0.3) is 0 Å². The number of nitrogens with two attached hydrogens (primary N) is 1. The number of phosphoric acid groups is 1. The van der Waals surface area contributed by atoms with Crippen molar-refractivity contribution in [1.29, 1.82) is 0 Å². The highest BCUT2D eigenvalue weighted by atomic mass is 31.2. The molecule has 2 atom stereocenters. The molecule has 0 heterocycles. The zero-order valence-corrected chi connectivity index (χ0v) is 23.9. The smallest absolute Gasteiger partial charge is 0.458 e. The Balaban J connectivity index is 3.58. The van der Waals surface area contributed by atoms with Crippen LogP contribution < -0.4 is 5.73 Å². The van der Waals surface area contributed by atoms with E-state index in [1.165, 1.54) is 96.8 Å². The lowest BCUT2D eigenvalue weighted by molar-refractivity contribution is -0.151. The van der Waals surface area contributed by atoms with Crippen molar-refractivity contribution >= 4 is 13.8 Å². The third-order valence-corrected chi connectivity index (χ3v) is 6.72. The van der Waals surface area contributed by atoms with E-state index in [9.17, 15) is 14.3 Å².